The molecule has 6 heteroatoms. The summed E-state index contributed by atoms with van der Waals surface area (Å²) < 4.78 is 2.33. The standard InChI is InChI=1S/C21H25N5O/c27-21(18-13-15-7-3-4-9-17(15)22-18)25-11-6-8-16(14-25)20-24-23-19-10-2-1-5-12-26(19)20/h3-4,7,9,13,16,22H,1-2,5-6,8,10-12,14H2/t16-/m0/s1. The second-order valence-electron chi connectivity index (χ2n) is 7.80. The number of carbonyl (C=O) groups is 1. The lowest BCUT2D eigenvalue weighted by atomic mass is 9.96. The Labute approximate surface area is 158 Å². The van der Waals surface area contributed by atoms with Gasteiger partial charge in [0.05, 0.1) is 0 Å². The second kappa shape index (κ2) is 6.83. The maximum absolute atomic E-state index is 13.1. The minimum Gasteiger partial charge on any atom is -0.351 e. The van der Waals surface area contributed by atoms with Crippen molar-refractivity contribution in [1.29, 1.82) is 0 Å². The van der Waals surface area contributed by atoms with Crippen LogP contribution in [0.3, 0.4) is 0 Å². The number of para-hydroxylation sites is 1. The highest BCUT2D eigenvalue weighted by Crippen LogP contribution is 2.29. The number of hydrogen-bond acceptors (Lipinski definition) is 3. The molecule has 1 amide bonds. The Morgan fingerprint density at radius 3 is 2.93 bits per heavy atom. The number of amides is 1. The molecule has 2 aromatic heterocycles. The van der Waals surface area contributed by atoms with Gasteiger partial charge >= 0.3 is 0 Å². The molecule has 0 saturated carbocycles. The molecule has 4 heterocycles. The second-order valence-corrected chi connectivity index (χ2v) is 7.80. The first kappa shape index (κ1) is 16.5. The lowest BCUT2D eigenvalue weighted by Gasteiger charge is -2.32. The fourth-order valence-corrected chi connectivity index (χ4v) is 4.54. The van der Waals surface area contributed by atoms with Crippen molar-refractivity contribution in [2.45, 2.75) is 51.0 Å². The summed E-state index contributed by atoms with van der Waals surface area (Å²) in [6.45, 7) is 2.56. The van der Waals surface area contributed by atoms with Crippen molar-refractivity contribution in [2.75, 3.05) is 13.1 Å². The van der Waals surface area contributed by atoms with Crippen molar-refractivity contribution in [3.8, 4) is 0 Å². The fourth-order valence-electron chi connectivity index (χ4n) is 4.54. The average Bonchev–Trinajstić information content (AvgIpc) is 3.25. The summed E-state index contributed by atoms with van der Waals surface area (Å²) in [5, 5.41) is 10.1. The highest BCUT2D eigenvalue weighted by molar-refractivity contribution is 5.98. The molecule has 0 bridgehead atoms. The van der Waals surface area contributed by atoms with E-state index in [9.17, 15) is 4.79 Å². The number of rotatable bonds is 2. The number of carbonyl (C=O) groups excluding carboxylic acids is 1. The Morgan fingerprint density at radius 2 is 2.00 bits per heavy atom. The predicted molar refractivity (Wildman–Crippen MR) is 104 cm³/mol. The molecule has 1 fully saturated rings. The number of likely N-dealkylation sites (tertiary alicyclic amines) is 1. The summed E-state index contributed by atoms with van der Waals surface area (Å²) in [5.41, 5.74) is 1.69. The fraction of sp³-hybridized carbons (Fsp3) is 0.476. The normalized spacial score (nSPS) is 20.4. The number of nitrogens with zero attached hydrogens (tertiary/aromatic N) is 4. The number of fused-ring (bicyclic) bond motifs is 2. The van der Waals surface area contributed by atoms with E-state index in [1.165, 1.54) is 19.3 Å². The van der Waals surface area contributed by atoms with E-state index in [-0.39, 0.29) is 11.8 Å². The zero-order valence-electron chi connectivity index (χ0n) is 15.5. The van der Waals surface area contributed by atoms with E-state index in [4.69, 9.17) is 0 Å². The zero-order valence-corrected chi connectivity index (χ0v) is 15.5. The molecule has 6 nitrogen and oxygen atoms in total. The van der Waals surface area contributed by atoms with Gasteiger partial charge in [-0.3, -0.25) is 4.79 Å². The van der Waals surface area contributed by atoms with Crippen molar-refractivity contribution in [3.05, 3.63) is 47.7 Å². The average molecular weight is 363 g/mol. The molecular weight excluding hydrogens is 338 g/mol. The Kier molecular flexibility index (Phi) is 4.19. The van der Waals surface area contributed by atoms with E-state index >= 15 is 0 Å². The molecule has 1 atom stereocenters. The minimum absolute atomic E-state index is 0.0894. The van der Waals surface area contributed by atoms with E-state index < -0.39 is 0 Å². The summed E-state index contributed by atoms with van der Waals surface area (Å²) in [6.07, 6.45) is 6.78. The Bertz CT molecular complexity index is 939. The Hall–Kier alpha value is -2.63. The summed E-state index contributed by atoms with van der Waals surface area (Å²) in [5.74, 6) is 2.58. The maximum Gasteiger partial charge on any atom is 0.270 e. The van der Waals surface area contributed by atoms with E-state index in [0.29, 0.717) is 5.69 Å². The van der Waals surface area contributed by atoms with Gasteiger partial charge in [0, 0.05) is 42.9 Å². The molecule has 1 N–H and O–H groups in total. The number of aromatic nitrogens is 4. The minimum atomic E-state index is 0.0894. The quantitative estimate of drug-likeness (QED) is 0.758. The summed E-state index contributed by atoms with van der Waals surface area (Å²) in [4.78, 5) is 18.3. The third-order valence-corrected chi connectivity index (χ3v) is 5.97. The molecule has 0 unspecified atom stereocenters. The molecule has 0 aliphatic carbocycles. The van der Waals surface area contributed by atoms with Crippen molar-refractivity contribution < 1.29 is 4.79 Å². The lowest BCUT2D eigenvalue weighted by Crippen LogP contribution is -2.40. The molecule has 2 aliphatic rings. The van der Waals surface area contributed by atoms with Gasteiger partial charge in [-0.2, -0.15) is 0 Å². The summed E-state index contributed by atoms with van der Waals surface area (Å²) in [6, 6.07) is 9.99. The van der Waals surface area contributed by atoms with E-state index in [2.05, 4.69) is 19.7 Å². The van der Waals surface area contributed by atoms with Gasteiger partial charge in [-0.05, 0) is 37.8 Å². The molecule has 5 rings (SSSR count). The van der Waals surface area contributed by atoms with Crippen LogP contribution in [0.2, 0.25) is 0 Å². The first-order valence-corrected chi connectivity index (χ1v) is 10.1. The molecule has 27 heavy (non-hydrogen) atoms. The van der Waals surface area contributed by atoms with Crippen molar-refractivity contribution in [3.63, 3.8) is 0 Å². The van der Waals surface area contributed by atoms with Gasteiger partial charge in [-0.25, -0.2) is 0 Å². The predicted octanol–water partition coefficient (Wildman–Crippen LogP) is 3.51. The molecular formula is C21H25N5O. The largest absolute Gasteiger partial charge is 0.351 e. The first-order chi connectivity index (χ1) is 13.3. The van der Waals surface area contributed by atoms with E-state index in [1.807, 2.05) is 35.2 Å². The van der Waals surface area contributed by atoms with Gasteiger partial charge in [-0.15, -0.1) is 10.2 Å². The molecule has 1 saturated heterocycles. The Balaban J connectivity index is 1.38. The van der Waals surface area contributed by atoms with E-state index in [0.717, 1.165) is 61.4 Å². The van der Waals surface area contributed by atoms with Gasteiger partial charge in [0.25, 0.3) is 5.91 Å². The first-order valence-electron chi connectivity index (χ1n) is 10.1. The summed E-state index contributed by atoms with van der Waals surface area (Å²) in [7, 11) is 0. The highest BCUT2D eigenvalue weighted by Gasteiger charge is 2.30. The number of nitrogens with one attached hydrogen (secondary N) is 1. The zero-order chi connectivity index (χ0) is 18.2. The monoisotopic (exact) mass is 363 g/mol. The van der Waals surface area contributed by atoms with Crippen molar-refractivity contribution in [2.24, 2.45) is 0 Å². The Morgan fingerprint density at radius 1 is 1.07 bits per heavy atom. The van der Waals surface area contributed by atoms with Crippen LogP contribution in [0.15, 0.2) is 30.3 Å². The SMILES string of the molecule is O=C(c1cc2ccccc2[nH]1)N1CCC[C@H](c2nnc3n2CCCCC3)C1. The van der Waals surface area contributed by atoms with Gasteiger partial charge in [0.1, 0.15) is 17.3 Å². The van der Waals surface area contributed by atoms with Crippen LogP contribution in [0.4, 0.5) is 0 Å². The smallest absolute Gasteiger partial charge is 0.270 e. The van der Waals surface area contributed by atoms with Crippen molar-refractivity contribution in [1.82, 2.24) is 24.6 Å². The van der Waals surface area contributed by atoms with Gasteiger partial charge in [0.2, 0.25) is 0 Å². The van der Waals surface area contributed by atoms with Crippen LogP contribution in [0.1, 0.15) is 60.2 Å². The van der Waals surface area contributed by atoms with Crippen LogP contribution < -0.4 is 0 Å². The topological polar surface area (TPSA) is 66.8 Å². The van der Waals surface area contributed by atoms with Crippen LogP contribution in [0, 0.1) is 0 Å². The number of piperidine rings is 1. The van der Waals surface area contributed by atoms with Crippen LogP contribution in [-0.4, -0.2) is 43.6 Å². The van der Waals surface area contributed by atoms with Crippen molar-refractivity contribution >= 4 is 16.8 Å². The highest BCUT2D eigenvalue weighted by atomic mass is 16.2. The molecule has 0 radical (unpaired) electrons. The van der Waals surface area contributed by atoms with Gasteiger partial charge in [0.15, 0.2) is 0 Å². The molecule has 140 valence electrons. The summed E-state index contributed by atoms with van der Waals surface area (Å²) >= 11 is 0. The van der Waals surface area contributed by atoms with Gasteiger partial charge < -0.3 is 14.5 Å². The van der Waals surface area contributed by atoms with Crippen LogP contribution in [-0.2, 0) is 13.0 Å². The van der Waals surface area contributed by atoms with Crippen LogP contribution >= 0.6 is 0 Å². The van der Waals surface area contributed by atoms with E-state index in [1.54, 1.807) is 0 Å². The number of H-pyrrole nitrogens is 1. The lowest BCUT2D eigenvalue weighted by molar-refractivity contribution is 0.0698. The van der Waals surface area contributed by atoms with Gasteiger partial charge in [-0.1, -0.05) is 24.6 Å². The molecule has 1 aromatic carbocycles. The third kappa shape index (κ3) is 3.03. The van der Waals surface area contributed by atoms with Crippen LogP contribution in [0.25, 0.3) is 10.9 Å². The number of benzene rings is 1. The third-order valence-electron chi connectivity index (χ3n) is 5.97. The number of hydrogen-bond donors (Lipinski definition) is 1. The molecule has 0 spiro atoms. The molecule has 2 aliphatic heterocycles. The number of aryl methyl sites for hydroxylation is 1. The molecule has 3 aromatic rings. The number of aromatic amines is 1. The maximum atomic E-state index is 13.1. The van der Waals surface area contributed by atoms with Crippen LogP contribution in [0.5, 0.6) is 0 Å².